The van der Waals surface area contributed by atoms with Crippen LogP contribution in [0.5, 0.6) is 0 Å². The lowest BCUT2D eigenvalue weighted by molar-refractivity contribution is -0.163. The van der Waals surface area contributed by atoms with Gasteiger partial charge in [-0.25, -0.2) is 0 Å². The Kier molecular flexibility index (Phi) is 4.99. The van der Waals surface area contributed by atoms with E-state index in [1.165, 1.54) is 0 Å². The van der Waals surface area contributed by atoms with E-state index in [2.05, 4.69) is 33.0 Å². The van der Waals surface area contributed by atoms with E-state index in [0.29, 0.717) is 11.8 Å². The molecule has 0 aromatic carbocycles. The van der Waals surface area contributed by atoms with Crippen LogP contribution in [0.1, 0.15) is 47.5 Å². The normalized spacial score (nSPS) is 26.5. The van der Waals surface area contributed by atoms with Gasteiger partial charge in [0, 0.05) is 6.54 Å². The fourth-order valence-corrected chi connectivity index (χ4v) is 2.63. The van der Waals surface area contributed by atoms with Gasteiger partial charge in [-0.05, 0) is 38.1 Å². The van der Waals surface area contributed by atoms with Crippen molar-refractivity contribution in [2.45, 2.75) is 53.6 Å². The molecule has 1 fully saturated rings. The summed E-state index contributed by atoms with van der Waals surface area (Å²) in [4.78, 5) is 12.3. The van der Waals surface area contributed by atoms with Crippen molar-refractivity contribution in [1.82, 2.24) is 5.32 Å². The van der Waals surface area contributed by atoms with Gasteiger partial charge in [-0.3, -0.25) is 4.79 Å². The summed E-state index contributed by atoms with van der Waals surface area (Å²) in [6, 6.07) is 0. The van der Waals surface area contributed by atoms with Gasteiger partial charge >= 0.3 is 5.97 Å². The average Bonchev–Trinajstić information content (AvgIpc) is 2.65. The lowest BCUT2D eigenvalue weighted by Gasteiger charge is -2.31. The predicted octanol–water partition coefficient (Wildman–Crippen LogP) is 2.60. The smallest absolute Gasteiger partial charge is 0.313 e. The van der Waals surface area contributed by atoms with Crippen LogP contribution in [0.4, 0.5) is 0 Å². The van der Waals surface area contributed by atoms with Gasteiger partial charge in [-0.2, -0.15) is 0 Å². The van der Waals surface area contributed by atoms with E-state index < -0.39 is 0 Å². The fourth-order valence-electron chi connectivity index (χ4n) is 2.63. The number of ether oxygens (including phenoxy) is 1. The van der Waals surface area contributed by atoms with Gasteiger partial charge in [-0.1, -0.05) is 27.7 Å². The van der Waals surface area contributed by atoms with Gasteiger partial charge in [0.05, 0.1) is 11.5 Å². The Bertz CT molecular complexity index is 255. The molecule has 0 aliphatic carbocycles. The molecule has 0 radical (unpaired) electrons. The molecule has 0 saturated carbocycles. The summed E-state index contributed by atoms with van der Waals surface area (Å²) in [7, 11) is 0. The van der Waals surface area contributed by atoms with E-state index in [1.54, 1.807) is 0 Å². The molecular formula is C14H27NO2. The Morgan fingerprint density at radius 1 is 1.29 bits per heavy atom. The fraction of sp³-hybridized carbons (Fsp3) is 0.929. The number of esters is 1. The zero-order chi connectivity index (χ0) is 13.1. The van der Waals surface area contributed by atoms with Crippen LogP contribution in [-0.2, 0) is 9.53 Å². The van der Waals surface area contributed by atoms with Gasteiger partial charge in [0.25, 0.3) is 0 Å². The standard InChI is InChI=1S/C14H27NO2/c1-10(2)8-12(5)17-13(16)14(11(3)4)6-7-15-9-14/h10-12,15H,6-9H2,1-5H3. The highest BCUT2D eigenvalue weighted by atomic mass is 16.5. The van der Waals surface area contributed by atoms with Crippen molar-refractivity contribution in [2.75, 3.05) is 13.1 Å². The third-order valence-corrected chi connectivity index (χ3v) is 3.81. The van der Waals surface area contributed by atoms with Crippen LogP contribution in [0.25, 0.3) is 0 Å². The second kappa shape index (κ2) is 5.85. The molecular weight excluding hydrogens is 214 g/mol. The van der Waals surface area contributed by atoms with Crippen molar-refractivity contribution in [3.8, 4) is 0 Å². The first-order valence-corrected chi connectivity index (χ1v) is 6.80. The number of carbonyl (C=O) groups excluding carboxylic acids is 1. The summed E-state index contributed by atoms with van der Waals surface area (Å²) in [5.41, 5.74) is -0.300. The largest absolute Gasteiger partial charge is 0.462 e. The molecule has 0 spiro atoms. The number of rotatable bonds is 5. The molecule has 1 heterocycles. The summed E-state index contributed by atoms with van der Waals surface area (Å²) in [5.74, 6) is 0.886. The number of nitrogens with one attached hydrogen (secondary N) is 1. The maximum absolute atomic E-state index is 12.3. The van der Waals surface area contributed by atoms with E-state index in [0.717, 1.165) is 25.9 Å². The van der Waals surface area contributed by atoms with Gasteiger partial charge < -0.3 is 10.1 Å². The third-order valence-electron chi connectivity index (χ3n) is 3.81. The topological polar surface area (TPSA) is 38.3 Å². The number of carbonyl (C=O) groups is 1. The van der Waals surface area contributed by atoms with Gasteiger partial charge in [-0.15, -0.1) is 0 Å². The lowest BCUT2D eigenvalue weighted by atomic mass is 9.76. The molecule has 1 N–H and O–H groups in total. The zero-order valence-corrected chi connectivity index (χ0v) is 11.9. The molecule has 1 aliphatic rings. The van der Waals surface area contributed by atoms with Gasteiger partial charge in [0.2, 0.25) is 0 Å². The molecule has 3 heteroatoms. The highest BCUT2D eigenvalue weighted by Gasteiger charge is 2.45. The van der Waals surface area contributed by atoms with Crippen LogP contribution in [0, 0.1) is 17.3 Å². The Hall–Kier alpha value is -0.570. The molecule has 0 aromatic rings. The average molecular weight is 241 g/mol. The molecule has 3 nitrogen and oxygen atoms in total. The predicted molar refractivity (Wildman–Crippen MR) is 69.8 cm³/mol. The van der Waals surface area contributed by atoms with Crippen molar-refractivity contribution in [2.24, 2.45) is 17.3 Å². The maximum atomic E-state index is 12.3. The van der Waals surface area contributed by atoms with Crippen LogP contribution >= 0.6 is 0 Å². The van der Waals surface area contributed by atoms with E-state index in [9.17, 15) is 4.79 Å². The second-order valence-electron chi connectivity index (χ2n) is 6.08. The van der Waals surface area contributed by atoms with Crippen LogP contribution in [-0.4, -0.2) is 25.2 Å². The zero-order valence-electron chi connectivity index (χ0n) is 11.9. The molecule has 2 unspecified atom stereocenters. The molecule has 17 heavy (non-hydrogen) atoms. The monoisotopic (exact) mass is 241 g/mol. The quantitative estimate of drug-likeness (QED) is 0.752. The first-order chi connectivity index (χ1) is 7.88. The first-order valence-electron chi connectivity index (χ1n) is 6.80. The summed E-state index contributed by atoms with van der Waals surface area (Å²) in [6.45, 7) is 12.2. The minimum atomic E-state index is -0.300. The summed E-state index contributed by atoms with van der Waals surface area (Å²) in [5, 5.41) is 3.29. The third kappa shape index (κ3) is 3.44. The molecule has 2 atom stereocenters. The Morgan fingerprint density at radius 2 is 1.94 bits per heavy atom. The molecule has 1 rings (SSSR count). The highest BCUT2D eigenvalue weighted by molar-refractivity contribution is 5.78. The molecule has 0 aromatic heterocycles. The molecule has 100 valence electrons. The van der Waals surface area contributed by atoms with Crippen LogP contribution in [0.15, 0.2) is 0 Å². The summed E-state index contributed by atoms with van der Waals surface area (Å²) < 4.78 is 5.63. The van der Waals surface area contributed by atoms with E-state index in [4.69, 9.17) is 4.74 Å². The number of hydrogen-bond acceptors (Lipinski definition) is 3. The molecule has 0 bridgehead atoms. The van der Waals surface area contributed by atoms with Crippen LogP contribution in [0.2, 0.25) is 0 Å². The molecule has 0 amide bonds. The lowest BCUT2D eigenvalue weighted by Crippen LogP contribution is -2.41. The van der Waals surface area contributed by atoms with Crippen molar-refractivity contribution >= 4 is 5.97 Å². The van der Waals surface area contributed by atoms with E-state index in [-0.39, 0.29) is 17.5 Å². The van der Waals surface area contributed by atoms with Crippen LogP contribution < -0.4 is 5.32 Å². The Balaban J connectivity index is 2.61. The van der Waals surface area contributed by atoms with Crippen molar-refractivity contribution in [3.63, 3.8) is 0 Å². The number of hydrogen-bond donors (Lipinski definition) is 1. The first kappa shape index (κ1) is 14.5. The Labute approximate surface area is 105 Å². The second-order valence-corrected chi connectivity index (χ2v) is 6.08. The molecule has 1 saturated heterocycles. The van der Waals surface area contributed by atoms with E-state index >= 15 is 0 Å². The van der Waals surface area contributed by atoms with E-state index in [1.807, 2.05) is 6.92 Å². The summed E-state index contributed by atoms with van der Waals surface area (Å²) >= 11 is 0. The van der Waals surface area contributed by atoms with Crippen LogP contribution in [0.3, 0.4) is 0 Å². The van der Waals surface area contributed by atoms with Crippen molar-refractivity contribution in [1.29, 1.82) is 0 Å². The van der Waals surface area contributed by atoms with Gasteiger partial charge in [0.1, 0.15) is 0 Å². The van der Waals surface area contributed by atoms with Gasteiger partial charge in [0.15, 0.2) is 0 Å². The minimum absolute atomic E-state index is 0.00866. The molecule has 1 aliphatic heterocycles. The summed E-state index contributed by atoms with van der Waals surface area (Å²) in [6.07, 6.45) is 1.87. The SMILES string of the molecule is CC(C)CC(C)OC(=O)C1(C(C)C)CCNC1. The minimum Gasteiger partial charge on any atom is -0.462 e. The highest BCUT2D eigenvalue weighted by Crippen LogP contribution is 2.36. The Morgan fingerprint density at radius 3 is 2.35 bits per heavy atom. The van der Waals surface area contributed by atoms with Crippen molar-refractivity contribution in [3.05, 3.63) is 0 Å². The van der Waals surface area contributed by atoms with Crippen molar-refractivity contribution < 1.29 is 9.53 Å². The maximum Gasteiger partial charge on any atom is 0.313 e.